The fraction of sp³-hybridized carbons (Fsp3) is 0.286. The van der Waals surface area contributed by atoms with Crippen LogP contribution in [-0.4, -0.2) is 46.6 Å². The molecule has 8 heteroatoms. The fourth-order valence-electron chi connectivity index (χ4n) is 3.53. The molecule has 0 unspecified atom stereocenters. The van der Waals surface area contributed by atoms with Gasteiger partial charge in [0.2, 0.25) is 0 Å². The van der Waals surface area contributed by atoms with Crippen LogP contribution in [0.2, 0.25) is 0 Å². The van der Waals surface area contributed by atoms with E-state index < -0.39 is 12.0 Å². The molecule has 7 nitrogen and oxygen atoms in total. The highest BCUT2D eigenvalue weighted by Gasteiger charge is 2.38. The van der Waals surface area contributed by atoms with Crippen molar-refractivity contribution in [3.05, 3.63) is 69.9 Å². The van der Waals surface area contributed by atoms with E-state index in [9.17, 15) is 9.59 Å². The highest BCUT2D eigenvalue weighted by Crippen LogP contribution is 2.27. The summed E-state index contributed by atoms with van der Waals surface area (Å²) in [6, 6.07) is 10.8. The molecule has 3 heterocycles. The van der Waals surface area contributed by atoms with Gasteiger partial charge in [0.1, 0.15) is 11.8 Å². The van der Waals surface area contributed by atoms with Crippen molar-refractivity contribution in [2.24, 2.45) is 0 Å². The third kappa shape index (κ3) is 3.75. The Balaban J connectivity index is 1.63. The minimum atomic E-state index is -0.675. The van der Waals surface area contributed by atoms with Crippen LogP contribution in [-0.2, 0) is 29.0 Å². The summed E-state index contributed by atoms with van der Waals surface area (Å²) in [5.74, 6) is 0.207. The zero-order valence-electron chi connectivity index (χ0n) is 16.2. The molecule has 1 aliphatic heterocycles. The number of carbonyl (C=O) groups excluding carboxylic acids is 2. The number of carbonyl (C=O) groups is 2. The van der Waals surface area contributed by atoms with Gasteiger partial charge in [-0.2, -0.15) is 0 Å². The number of fused-ring (bicyclic) bond motifs is 1. The van der Waals surface area contributed by atoms with Crippen molar-refractivity contribution in [2.75, 3.05) is 14.2 Å². The number of rotatable bonds is 5. The lowest BCUT2D eigenvalue weighted by Gasteiger charge is -2.33. The van der Waals surface area contributed by atoms with Gasteiger partial charge in [-0.3, -0.25) is 4.79 Å². The van der Waals surface area contributed by atoms with Crippen LogP contribution >= 0.6 is 11.3 Å². The quantitative estimate of drug-likeness (QED) is 0.604. The number of methoxy groups -OCH3 is 2. The van der Waals surface area contributed by atoms with Crippen LogP contribution in [0.25, 0.3) is 0 Å². The van der Waals surface area contributed by atoms with Crippen molar-refractivity contribution < 1.29 is 19.1 Å². The standard InChI is InChI=1S/C21H21N3O4S/c1-27-15-7-5-14(6-8-15)11-23-13-22-16-10-17(21(26)28-2)24(12-18(16)23)20(25)19-4-3-9-29-19/h3-9,13,17H,10-12H2,1-2H3/t17-/m0/s1. The highest BCUT2D eigenvalue weighted by molar-refractivity contribution is 7.12. The van der Waals surface area contributed by atoms with Gasteiger partial charge in [-0.25, -0.2) is 9.78 Å². The molecule has 0 N–H and O–H groups in total. The number of imidazole rings is 1. The third-order valence-electron chi connectivity index (χ3n) is 5.09. The van der Waals surface area contributed by atoms with Gasteiger partial charge in [0.15, 0.2) is 0 Å². The molecule has 29 heavy (non-hydrogen) atoms. The maximum Gasteiger partial charge on any atom is 0.329 e. The van der Waals surface area contributed by atoms with E-state index in [-0.39, 0.29) is 5.91 Å². The normalized spacial score (nSPS) is 15.7. The van der Waals surface area contributed by atoms with Gasteiger partial charge in [0.25, 0.3) is 5.91 Å². The summed E-state index contributed by atoms with van der Waals surface area (Å²) in [6.45, 7) is 0.929. The Bertz CT molecular complexity index is 1010. The lowest BCUT2D eigenvalue weighted by atomic mass is 10.0. The molecule has 0 aliphatic carbocycles. The number of benzene rings is 1. The van der Waals surface area contributed by atoms with Gasteiger partial charge in [0, 0.05) is 13.0 Å². The van der Waals surface area contributed by atoms with Crippen LogP contribution in [0.1, 0.15) is 26.6 Å². The molecule has 3 aromatic rings. The molecule has 4 rings (SSSR count). The summed E-state index contributed by atoms with van der Waals surface area (Å²) in [6.07, 6.45) is 2.11. The van der Waals surface area contributed by atoms with Crippen LogP contribution in [0.5, 0.6) is 5.75 Å². The Kier molecular flexibility index (Phi) is 5.35. The maximum absolute atomic E-state index is 13.0. The fourth-order valence-corrected chi connectivity index (χ4v) is 4.21. The summed E-state index contributed by atoms with van der Waals surface area (Å²) in [7, 11) is 2.98. The van der Waals surface area contributed by atoms with Crippen LogP contribution in [0.4, 0.5) is 0 Å². The van der Waals surface area contributed by atoms with Gasteiger partial charge in [-0.15, -0.1) is 11.3 Å². The largest absolute Gasteiger partial charge is 0.497 e. The summed E-state index contributed by atoms with van der Waals surface area (Å²) in [5.41, 5.74) is 2.85. The molecule has 0 spiro atoms. The predicted octanol–water partition coefficient (Wildman–Crippen LogP) is 2.74. The molecule has 1 atom stereocenters. The molecular weight excluding hydrogens is 390 g/mol. The minimum absolute atomic E-state index is 0.168. The molecule has 0 bridgehead atoms. The molecule has 1 aromatic carbocycles. The lowest BCUT2D eigenvalue weighted by molar-refractivity contribution is -0.146. The van der Waals surface area contributed by atoms with Crippen molar-refractivity contribution in [3.63, 3.8) is 0 Å². The second-order valence-corrected chi connectivity index (χ2v) is 7.72. The van der Waals surface area contributed by atoms with Gasteiger partial charge >= 0.3 is 5.97 Å². The van der Waals surface area contributed by atoms with Gasteiger partial charge in [-0.05, 0) is 29.1 Å². The van der Waals surface area contributed by atoms with E-state index in [0.29, 0.717) is 24.4 Å². The molecule has 0 fully saturated rings. The van der Waals surface area contributed by atoms with E-state index in [1.807, 2.05) is 40.3 Å². The number of thiophene rings is 1. The van der Waals surface area contributed by atoms with Crippen LogP contribution < -0.4 is 4.74 Å². The Morgan fingerprint density at radius 2 is 2.00 bits per heavy atom. The molecule has 150 valence electrons. The number of hydrogen-bond donors (Lipinski definition) is 0. The Morgan fingerprint density at radius 1 is 1.21 bits per heavy atom. The summed E-state index contributed by atoms with van der Waals surface area (Å²) < 4.78 is 12.2. The summed E-state index contributed by atoms with van der Waals surface area (Å²) >= 11 is 1.36. The van der Waals surface area contributed by atoms with Crippen LogP contribution in [0.3, 0.4) is 0 Å². The number of amides is 1. The van der Waals surface area contributed by atoms with Crippen LogP contribution in [0, 0.1) is 0 Å². The molecular formula is C21H21N3O4S. The first-order valence-corrected chi connectivity index (χ1v) is 10.1. The van der Waals surface area contributed by atoms with Crippen molar-refractivity contribution >= 4 is 23.2 Å². The van der Waals surface area contributed by atoms with Gasteiger partial charge in [-0.1, -0.05) is 18.2 Å². The summed E-state index contributed by atoms with van der Waals surface area (Å²) in [5, 5.41) is 1.85. The molecule has 1 amide bonds. The molecule has 2 aromatic heterocycles. The average Bonchev–Trinajstić information content (AvgIpc) is 3.43. The molecule has 0 saturated carbocycles. The predicted molar refractivity (Wildman–Crippen MR) is 108 cm³/mol. The van der Waals surface area contributed by atoms with E-state index in [0.717, 1.165) is 22.7 Å². The molecule has 0 radical (unpaired) electrons. The van der Waals surface area contributed by atoms with Crippen molar-refractivity contribution in [1.82, 2.24) is 14.5 Å². The first kappa shape index (κ1) is 19.2. The average molecular weight is 411 g/mol. The Labute approximate surface area is 172 Å². The van der Waals surface area contributed by atoms with E-state index >= 15 is 0 Å². The van der Waals surface area contributed by atoms with Crippen molar-refractivity contribution in [2.45, 2.75) is 25.6 Å². The number of hydrogen-bond acceptors (Lipinski definition) is 6. The topological polar surface area (TPSA) is 73.7 Å². The monoisotopic (exact) mass is 411 g/mol. The third-order valence-corrected chi connectivity index (χ3v) is 5.95. The van der Waals surface area contributed by atoms with Gasteiger partial charge in [0.05, 0.1) is 43.4 Å². The smallest absolute Gasteiger partial charge is 0.329 e. The summed E-state index contributed by atoms with van der Waals surface area (Å²) in [4.78, 5) is 32.1. The number of aromatic nitrogens is 2. The maximum atomic E-state index is 13.0. The second kappa shape index (κ2) is 8.08. The van der Waals surface area contributed by atoms with E-state index in [4.69, 9.17) is 9.47 Å². The van der Waals surface area contributed by atoms with E-state index in [1.165, 1.54) is 18.4 Å². The second-order valence-electron chi connectivity index (χ2n) is 6.77. The zero-order chi connectivity index (χ0) is 20.4. The Morgan fingerprint density at radius 3 is 2.66 bits per heavy atom. The lowest BCUT2D eigenvalue weighted by Crippen LogP contribution is -2.49. The molecule has 0 saturated heterocycles. The van der Waals surface area contributed by atoms with E-state index in [2.05, 4.69) is 4.98 Å². The van der Waals surface area contributed by atoms with Gasteiger partial charge < -0.3 is 18.9 Å². The number of nitrogens with zero attached hydrogens (tertiary/aromatic N) is 3. The highest BCUT2D eigenvalue weighted by atomic mass is 32.1. The first-order valence-electron chi connectivity index (χ1n) is 9.18. The van der Waals surface area contributed by atoms with Crippen molar-refractivity contribution in [3.8, 4) is 5.75 Å². The minimum Gasteiger partial charge on any atom is -0.497 e. The zero-order valence-corrected chi connectivity index (χ0v) is 17.0. The Hall–Kier alpha value is -3.13. The first-order chi connectivity index (χ1) is 14.1. The number of esters is 1. The van der Waals surface area contributed by atoms with Crippen molar-refractivity contribution in [1.29, 1.82) is 0 Å². The van der Waals surface area contributed by atoms with E-state index in [1.54, 1.807) is 24.4 Å². The number of ether oxygens (including phenoxy) is 2. The van der Waals surface area contributed by atoms with Crippen LogP contribution in [0.15, 0.2) is 48.1 Å². The SMILES string of the molecule is COC(=O)[C@@H]1Cc2ncn(Cc3ccc(OC)cc3)c2CN1C(=O)c1cccs1. The molecule has 1 aliphatic rings.